The van der Waals surface area contributed by atoms with Crippen LogP contribution >= 0.6 is 11.6 Å². The van der Waals surface area contributed by atoms with Gasteiger partial charge < -0.3 is 19.7 Å². The van der Waals surface area contributed by atoms with Crippen LogP contribution in [0, 0.1) is 5.41 Å². The van der Waals surface area contributed by atoms with E-state index in [1.54, 1.807) is 6.07 Å². The lowest BCUT2D eigenvalue weighted by molar-refractivity contribution is -0.151. The van der Waals surface area contributed by atoms with E-state index in [9.17, 15) is 9.59 Å². The highest BCUT2D eigenvalue weighted by atomic mass is 35.5. The number of halogens is 1. The quantitative estimate of drug-likeness (QED) is 0.409. The molecule has 0 radical (unpaired) electrons. The molecule has 184 valence electrons. The van der Waals surface area contributed by atoms with E-state index in [4.69, 9.17) is 21.1 Å². The Balaban J connectivity index is 1.88. The summed E-state index contributed by atoms with van der Waals surface area (Å²) in [4.78, 5) is 32.2. The third-order valence-corrected chi connectivity index (χ3v) is 6.82. The zero-order valence-electron chi connectivity index (χ0n) is 20.8. The molecule has 1 aliphatic rings. The van der Waals surface area contributed by atoms with Gasteiger partial charge in [-0.25, -0.2) is 4.98 Å². The Morgan fingerprint density at radius 1 is 1.24 bits per heavy atom. The molecule has 0 unspecified atom stereocenters. The number of carbonyl (C=O) groups is 2. The van der Waals surface area contributed by atoms with Crippen LogP contribution in [0.2, 0.25) is 5.15 Å². The van der Waals surface area contributed by atoms with Crippen LogP contribution < -0.4 is 10.1 Å². The summed E-state index contributed by atoms with van der Waals surface area (Å²) in [5.41, 5.74) is 1.32. The second kappa shape index (κ2) is 10.3. The van der Waals surface area contributed by atoms with E-state index in [0.717, 1.165) is 11.1 Å². The van der Waals surface area contributed by atoms with Gasteiger partial charge in [-0.1, -0.05) is 49.7 Å². The summed E-state index contributed by atoms with van der Waals surface area (Å²) in [7, 11) is 2.94. The Labute approximate surface area is 206 Å². The number of aromatic nitrogens is 1. The van der Waals surface area contributed by atoms with Crippen LogP contribution in [0.3, 0.4) is 0 Å². The van der Waals surface area contributed by atoms with Gasteiger partial charge in [-0.15, -0.1) is 0 Å². The fourth-order valence-electron chi connectivity index (χ4n) is 4.48. The van der Waals surface area contributed by atoms with Crippen LogP contribution in [0.15, 0.2) is 36.5 Å². The van der Waals surface area contributed by atoms with Crippen LogP contribution in [-0.2, 0) is 19.7 Å². The van der Waals surface area contributed by atoms with E-state index in [2.05, 4.69) is 35.1 Å². The molecule has 0 atom stereocenters. The van der Waals surface area contributed by atoms with E-state index in [0.29, 0.717) is 37.5 Å². The first-order valence-electron chi connectivity index (χ1n) is 11.4. The van der Waals surface area contributed by atoms with Crippen molar-refractivity contribution >= 4 is 29.2 Å². The monoisotopic (exact) mass is 487 g/mol. The summed E-state index contributed by atoms with van der Waals surface area (Å²) in [6.07, 6.45) is 2.15. The summed E-state index contributed by atoms with van der Waals surface area (Å²) in [6, 6.07) is 9.69. The number of benzene rings is 1. The van der Waals surface area contributed by atoms with Crippen molar-refractivity contribution in [1.29, 1.82) is 0 Å². The minimum Gasteiger partial charge on any atom is -0.494 e. The van der Waals surface area contributed by atoms with Gasteiger partial charge in [0, 0.05) is 19.2 Å². The maximum absolute atomic E-state index is 13.8. The largest absolute Gasteiger partial charge is 0.494 e. The number of anilines is 1. The molecule has 1 fully saturated rings. The van der Waals surface area contributed by atoms with E-state index >= 15 is 0 Å². The van der Waals surface area contributed by atoms with E-state index in [-0.39, 0.29) is 22.9 Å². The molecule has 8 heteroatoms. The number of esters is 1. The van der Waals surface area contributed by atoms with Gasteiger partial charge in [0.05, 0.1) is 31.2 Å². The molecule has 1 aromatic carbocycles. The molecule has 2 aromatic rings. The van der Waals surface area contributed by atoms with Gasteiger partial charge in [0.15, 0.2) is 0 Å². The first-order chi connectivity index (χ1) is 16.0. The van der Waals surface area contributed by atoms with Crippen LogP contribution in [0.25, 0.3) is 0 Å². The van der Waals surface area contributed by atoms with Crippen molar-refractivity contribution in [2.45, 2.75) is 45.4 Å². The minimum absolute atomic E-state index is 0.119. The number of rotatable bonds is 9. The van der Waals surface area contributed by atoms with Gasteiger partial charge in [-0.3, -0.25) is 9.59 Å². The topological polar surface area (TPSA) is 80.8 Å². The number of nitrogens with one attached hydrogen (secondary N) is 1. The van der Waals surface area contributed by atoms with Crippen LogP contribution in [0.4, 0.5) is 5.69 Å². The lowest BCUT2D eigenvalue weighted by atomic mass is 9.69. The highest BCUT2D eigenvalue weighted by molar-refractivity contribution is 6.29. The molecule has 3 rings (SSSR count). The van der Waals surface area contributed by atoms with Gasteiger partial charge in [-0.05, 0) is 43.9 Å². The predicted octanol–water partition coefficient (Wildman–Crippen LogP) is 4.65. The molecular formula is C26H34ClN3O4. The van der Waals surface area contributed by atoms with Crippen molar-refractivity contribution in [1.82, 2.24) is 9.88 Å². The molecule has 7 nitrogen and oxygen atoms in total. The lowest BCUT2D eigenvalue weighted by Crippen LogP contribution is -2.65. The van der Waals surface area contributed by atoms with Crippen LogP contribution in [-0.4, -0.2) is 55.6 Å². The molecule has 0 spiro atoms. The minimum atomic E-state index is -0.735. The number of likely N-dealkylation sites (tertiary alicyclic amines) is 1. The summed E-state index contributed by atoms with van der Waals surface area (Å²) in [5, 5.41) is 3.32. The second-order valence-electron chi connectivity index (χ2n) is 9.82. The van der Waals surface area contributed by atoms with E-state index in [1.807, 2.05) is 32.0 Å². The van der Waals surface area contributed by atoms with Gasteiger partial charge in [0.2, 0.25) is 5.91 Å². The van der Waals surface area contributed by atoms with E-state index in [1.165, 1.54) is 20.4 Å². The molecule has 0 saturated carbocycles. The molecule has 2 heterocycles. The van der Waals surface area contributed by atoms with Crippen molar-refractivity contribution in [3.8, 4) is 5.75 Å². The normalized spacial score (nSPS) is 15.5. The highest BCUT2D eigenvalue weighted by Gasteiger charge is 2.52. The predicted molar refractivity (Wildman–Crippen MR) is 133 cm³/mol. The average Bonchev–Trinajstić information content (AvgIpc) is 2.78. The number of amides is 1. The number of ether oxygens (including phenoxy) is 2. The Morgan fingerprint density at radius 2 is 1.91 bits per heavy atom. The Hall–Kier alpha value is -2.64. The average molecular weight is 488 g/mol. The third kappa shape index (κ3) is 5.20. The summed E-state index contributed by atoms with van der Waals surface area (Å²) in [6.45, 7) is 9.80. The van der Waals surface area contributed by atoms with Gasteiger partial charge in [-0.2, -0.15) is 0 Å². The lowest BCUT2D eigenvalue weighted by Gasteiger charge is -2.50. The van der Waals surface area contributed by atoms with Crippen molar-refractivity contribution in [3.05, 3.63) is 52.8 Å². The molecule has 0 aliphatic carbocycles. The molecule has 34 heavy (non-hydrogen) atoms. The molecule has 1 amide bonds. The summed E-state index contributed by atoms with van der Waals surface area (Å²) in [5.74, 6) is 0.368. The van der Waals surface area contributed by atoms with Gasteiger partial charge in [0.25, 0.3) is 0 Å². The van der Waals surface area contributed by atoms with Crippen molar-refractivity contribution < 1.29 is 19.1 Å². The van der Waals surface area contributed by atoms with Gasteiger partial charge in [0.1, 0.15) is 16.6 Å². The van der Waals surface area contributed by atoms with Crippen LogP contribution in [0.5, 0.6) is 5.75 Å². The zero-order valence-corrected chi connectivity index (χ0v) is 21.5. The molecule has 1 aliphatic heterocycles. The van der Waals surface area contributed by atoms with Crippen molar-refractivity contribution in [2.24, 2.45) is 5.41 Å². The fourth-order valence-corrected chi connectivity index (χ4v) is 4.63. The second-order valence-corrected chi connectivity index (χ2v) is 10.2. The number of pyridine rings is 1. The molecule has 1 N–H and O–H groups in total. The number of carbonyl (C=O) groups excluding carboxylic acids is 2. The third-order valence-electron chi connectivity index (χ3n) is 6.61. The first kappa shape index (κ1) is 26.0. The van der Waals surface area contributed by atoms with Crippen molar-refractivity contribution in [2.75, 3.05) is 39.2 Å². The Bertz CT molecular complexity index is 1050. The maximum Gasteiger partial charge on any atom is 0.311 e. The van der Waals surface area contributed by atoms with Gasteiger partial charge >= 0.3 is 5.97 Å². The molecular weight excluding hydrogens is 454 g/mol. The standard InChI is InChI=1S/C26H34ClN3O4/c1-17(2)18-9-7-8-10-19(18)26(15-30(16-26)12-11-25(3,4)24(32)34-6)23(31)29-20-14-28-22(27)13-21(20)33-5/h7-10,13-14,17H,11-12,15-16H2,1-6H3,(H,29,31). The first-order valence-corrected chi connectivity index (χ1v) is 11.8. The summed E-state index contributed by atoms with van der Waals surface area (Å²) < 4.78 is 10.3. The molecule has 1 aromatic heterocycles. The Kier molecular flexibility index (Phi) is 7.88. The van der Waals surface area contributed by atoms with E-state index < -0.39 is 10.8 Å². The maximum atomic E-state index is 13.8. The highest BCUT2D eigenvalue weighted by Crippen LogP contribution is 2.41. The summed E-state index contributed by atoms with van der Waals surface area (Å²) >= 11 is 5.99. The van der Waals surface area contributed by atoms with Crippen LogP contribution in [0.1, 0.15) is 51.2 Å². The number of hydrogen-bond donors (Lipinski definition) is 1. The fraction of sp³-hybridized carbons (Fsp3) is 0.500. The number of nitrogens with zero attached hydrogens (tertiary/aromatic N) is 2. The van der Waals surface area contributed by atoms with Crippen molar-refractivity contribution in [3.63, 3.8) is 0 Å². The zero-order chi connectivity index (χ0) is 25.1. The molecule has 1 saturated heterocycles. The number of hydrogen-bond acceptors (Lipinski definition) is 6. The molecule has 0 bridgehead atoms. The Morgan fingerprint density at radius 3 is 2.53 bits per heavy atom. The smallest absolute Gasteiger partial charge is 0.311 e. The SMILES string of the molecule is COC(=O)C(C)(C)CCN1CC(C(=O)Nc2cnc(Cl)cc2OC)(c2ccccc2C(C)C)C1. The number of methoxy groups -OCH3 is 2.